The molecule has 0 spiro atoms. The van der Waals surface area contributed by atoms with Crippen molar-refractivity contribution in [2.24, 2.45) is 0 Å². The third-order valence-corrected chi connectivity index (χ3v) is 3.05. The van der Waals surface area contributed by atoms with E-state index >= 15 is 0 Å². The molecule has 0 radical (unpaired) electrons. The first-order chi connectivity index (χ1) is 8.59. The van der Waals surface area contributed by atoms with Crippen molar-refractivity contribution in [2.75, 3.05) is 19.6 Å². The molecule has 96 valence electrons. The SMILES string of the molecule is Cc1cccc(C(=O)N2CCNCC2C(=O)O)c1. The summed E-state index contributed by atoms with van der Waals surface area (Å²) in [6.45, 7) is 3.25. The van der Waals surface area contributed by atoms with Gasteiger partial charge in [-0.1, -0.05) is 17.7 Å². The Morgan fingerprint density at radius 3 is 2.89 bits per heavy atom. The van der Waals surface area contributed by atoms with Gasteiger partial charge in [0.25, 0.3) is 5.91 Å². The highest BCUT2D eigenvalue weighted by Crippen LogP contribution is 2.12. The molecule has 1 aliphatic heterocycles. The summed E-state index contributed by atoms with van der Waals surface area (Å²) in [5.74, 6) is -1.18. The maximum absolute atomic E-state index is 12.3. The van der Waals surface area contributed by atoms with Crippen molar-refractivity contribution in [1.82, 2.24) is 10.2 Å². The van der Waals surface area contributed by atoms with Gasteiger partial charge in [-0.05, 0) is 19.1 Å². The van der Waals surface area contributed by atoms with E-state index in [-0.39, 0.29) is 5.91 Å². The molecule has 1 aromatic carbocycles. The molecule has 0 bridgehead atoms. The second-order valence-electron chi connectivity index (χ2n) is 4.43. The molecule has 1 unspecified atom stereocenters. The van der Waals surface area contributed by atoms with E-state index in [1.54, 1.807) is 18.2 Å². The highest BCUT2D eigenvalue weighted by atomic mass is 16.4. The first-order valence-corrected chi connectivity index (χ1v) is 5.91. The Hall–Kier alpha value is -1.88. The summed E-state index contributed by atoms with van der Waals surface area (Å²) in [7, 11) is 0. The van der Waals surface area contributed by atoms with Crippen molar-refractivity contribution in [3.63, 3.8) is 0 Å². The number of carboxylic acids is 1. The van der Waals surface area contributed by atoms with E-state index in [2.05, 4.69) is 5.32 Å². The van der Waals surface area contributed by atoms with Crippen LogP contribution < -0.4 is 5.32 Å². The molecule has 0 aliphatic carbocycles. The first kappa shape index (κ1) is 12.6. The van der Waals surface area contributed by atoms with Crippen LogP contribution in [0.4, 0.5) is 0 Å². The Balaban J connectivity index is 2.23. The van der Waals surface area contributed by atoms with Crippen LogP contribution in [0.2, 0.25) is 0 Å². The van der Waals surface area contributed by atoms with Gasteiger partial charge in [-0.3, -0.25) is 4.79 Å². The molecular formula is C13H16N2O3. The van der Waals surface area contributed by atoms with Gasteiger partial charge in [0.1, 0.15) is 6.04 Å². The van der Waals surface area contributed by atoms with Gasteiger partial charge in [0.15, 0.2) is 0 Å². The van der Waals surface area contributed by atoms with E-state index < -0.39 is 12.0 Å². The Morgan fingerprint density at radius 1 is 1.44 bits per heavy atom. The van der Waals surface area contributed by atoms with Crippen molar-refractivity contribution >= 4 is 11.9 Å². The van der Waals surface area contributed by atoms with E-state index in [1.807, 2.05) is 13.0 Å². The summed E-state index contributed by atoms with van der Waals surface area (Å²) >= 11 is 0. The Kier molecular flexibility index (Phi) is 3.62. The number of hydrogen-bond acceptors (Lipinski definition) is 3. The first-order valence-electron chi connectivity index (χ1n) is 5.91. The molecule has 1 heterocycles. The largest absolute Gasteiger partial charge is 0.480 e. The minimum absolute atomic E-state index is 0.215. The zero-order chi connectivity index (χ0) is 13.1. The molecule has 2 rings (SSSR count). The van der Waals surface area contributed by atoms with Crippen LogP contribution >= 0.6 is 0 Å². The average molecular weight is 248 g/mol. The predicted octanol–water partition coefficient (Wildman–Crippen LogP) is 0.494. The lowest BCUT2D eigenvalue weighted by Gasteiger charge is -2.33. The third-order valence-electron chi connectivity index (χ3n) is 3.05. The summed E-state index contributed by atoms with van der Waals surface area (Å²) in [5, 5.41) is 12.1. The number of carbonyl (C=O) groups excluding carboxylic acids is 1. The number of carbonyl (C=O) groups is 2. The van der Waals surface area contributed by atoms with Crippen molar-refractivity contribution in [1.29, 1.82) is 0 Å². The van der Waals surface area contributed by atoms with E-state index in [0.29, 0.717) is 25.2 Å². The van der Waals surface area contributed by atoms with Gasteiger partial charge in [0.05, 0.1) is 0 Å². The fraction of sp³-hybridized carbons (Fsp3) is 0.385. The standard InChI is InChI=1S/C13H16N2O3/c1-9-3-2-4-10(7-9)12(16)15-6-5-14-8-11(15)13(17)18/h2-4,7,11,14H,5-6,8H2,1H3,(H,17,18). The summed E-state index contributed by atoms with van der Waals surface area (Å²) in [6, 6.07) is 6.43. The lowest BCUT2D eigenvalue weighted by molar-refractivity contribution is -0.142. The van der Waals surface area contributed by atoms with Gasteiger partial charge in [-0.25, -0.2) is 4.79 Å². The number of amides is 1. The van der Waals surface area contributed by atoms with Gasteiger partial charge >= 0.3 is 5.97 Å². The summed E-state index contributed by atoms with van der Waals surface area (Å²) in [4.78, 5) is 24.9. The lowest BCUT2D eigenvalue weighted by Crippen LogP contribution is -2.56. The summed E-state index contributed by atoms with van der Waals surface area (Å²) < 4.78 is 0. The van der Waals surface area contributed by atoms with Crippen LogP contribution in [0.25, 0.3) is 0 Å². The Bertz CT molecular complexity index is 473. The minimum atomic E-state index is -0.969. The van der Waals surface area contributed by atoms with E-state index in [1.165, 1.54) is 4.90 Å². The number of carboxylic acid groups (broad SMARTS) is 1. The molecule has 1 amide bonds. The number of benzene rings is 1. The highest BCUT2D eigenvalue weighted by Gasteiger charge is 2.32. The van der Waals surface area contributed by atoms with Gasteiger partial charge in [-0.2, -0.15) is 0 Å². The summed E-state index contributed by atoms with van der Waals surface area (Å²) in [5.41, 5.74) is 1.53. The third kappa shape index (κ3) is 2.51. The quantitative estimate of drug-likeness (QED) is 0.799. The van der Waals surface area contributed by atoms with Crippen LogP contribution in [0, 0.1) is 6.92 Å². The number of rotatable bonds is 2. The van der Waals surface area contributed by atoms with Gasteiger partial charge in [0, 0.05) is 25.2 Å². The molecule has 5 nitrogen and oxygen atoms in total. The van der Waals surface area contributed by atoms with Crippen LogP contribution in [0.15, 0.2) is 24.3 Å². The number of nitrogens with zero attached hydrogens (tertiary/aromatic N) is 1. The second-order valence-corrected chi connectivity index (χ2v) is 4.43. The van der Waals surface area contributed by atoms with Crippen molar-refractivity contribution < 1.29 is 14.7 Å². The van der Waals surface area contributed by atoms with Gasteiger partial charge < -0.3 is 15.3 Å². The Labute approximate surface area is 105 Å². The monoisotopic (exact) mass is 248 g/mol. The van der Waals surface area contributed by atoms with Gasteiger partial charge in [0.2, 0.25) is 0 Å². The molecule has 0 saturated carbocycles. The number of aliphatic carboxylic acids is 1. The van der Waals surface area contributed by atoms with Crippen LogP contribution in [0.3, 0.4) is 0 Å². The number of nitrogens with one attached hydrogen (secondary N) is 1. The second kappa shape index (κ2) is 5.18. The predicted molar refractivity (Wildman–Crippen MR) is 66.5 cm³/mol. The molecule has 1 atom stereocenters. The molecule has 1 aromatic rings. The maximum Gasteiger partial charge on any atom is 0.327 e. The Morgan fingerprint density at radius 2 is 2.22 bits per heavy atom. The van der Waals surface area contributed by atoms with Crippen LogP contribution in [0.5, 0.6) is 0 Å². The van der Waals surface area contributed by atoms with Crippen LogP contribution in [-0.4, -0.2) is 47.6 Å². The molecule has 0 aromatic heterocycles. The molecule has 2 N–H and O–H groups in total. The van der Waals surface area contributed by atoms with Crippen molar-refractivity contribution in [2.45, 2.75) is 13.0 Å². The normalized spacial score (nSPS) is 19.6. The summed E-state index contributed by atoms with van der Waals surface area (Å²) in [6.07, 6.45) is 0. The zero-order valence-corrected chi connectivity index (χ0v) is 10.2. The van der Waals surface area contributed by atoms with Crippen LogP contribution in [-0.2, 0) is 4.79 Å². The lowest BCUT2D eigenvalue weighted by atomic mass is 10.1. The van der Waals surface area contributed by atoms with Crippen molar-refractivity contribution in [3.8, 4) is 0 Å². The fourth-order valence-electron chi connectivity index (χ4n) is 2.11. The molecule has 5 heteroatoms. The number of aryl methyl sites for hydroxylation is 1. The van der Waals surface area contributed by atoms with Crippen LogP contribution in [0.1, 0.15) is 15.9 Å². The molecule has 18 heavy (non-hydrogen) atoms. The average Bonchev–Trinajstić information content (AvgIpc) is 2.38. The molecule has 1 aliphatic rings. The smallest absolute Gasteiger partial charge is 0.327 e. The maximum atomic E-state index is 12.3. The number of piperazine rings is 1. The molecular weight excluding hydrogens is 232 g/mol. The van der Waals surface area contributed by atoms with E-state index in [9.17, 15) is 9.59 Å². The fourth-order valence-corrected chi connectivity index (χ4v) is 2.11. The minimum Gasteiger partial charge on any atom is -0.480 e. The van der Waals surface area contributed by atoms with Crippen molar-refractivity contribution in [3.05, 3.63) is 35.4 Å². The van der Waals surface area contributed by atoms with Gasteiger partial charge in [-0.15, -0.1) is 0 Å². The molecule has 1 fully saturated rings. The number of hydrogen-bond donors (Lipinski definition) is 2. The van der Waals surface area contributed by atoms with E-state index in [4.69, 9.17) is 5.11 Å². The van der Waals surface area contributed by atoms with E-state index in [0.717, 1.165) is 5.56 Å². The highest BCUT2D eigenvalue weighted by molar-refractivity contribution is 5.97. The topological polar surface area (TPSA) is 69.6 Å². The zero-order valence-electron chi connectivity index (χ0n) is 10.2. The molecule has 1 saturated heterocycles.